The maximum absolute atomic E-state index is 3.79. The summed E-state index contributed by atoms with van der Waals surface area (Å²) >= 11 is 0. The van der Waals surface area contributed by atoms with E-state index in [0.717, 1.165) is 24.3 Å². The Balaban J connectivity index is 1.58. The van der Waals surface area contributed by atoms with E-state index in [0.29, 0.717) is 6.04 Å². The fourth-order valence-corrected chi connectivity index (χ4v) is 4.32. The highest BCUT2D eigenvalue weighted by Gasteiger charge is 2.41. The first-order valence-electron chi connectivity index (χ1n) is 7.93. The Morgan fingerprint density at radius 3 is 2.74 bits per heavy atom. The van der Waals surface area contributed by atoms with Crippen LogP contribution in [0.4, 0.5) is 0 Å². The molecule has 1 aromatic carbocycles. The quantitative estimate of drug-likeness (QED) is 0.851. The van der Waals surface area contributed by atoms with E-state index in [4.69, 9.17) is 0 Å². The summed E-state index contributed by atoms with van der Waals surface area (Å²) in [6.07, 6.45) is 5.99. The van der Waals surface area contributed by atoms with E-state index in [1.807, 2.05) is 0 Å². The highest BCUT2D eigenvalue weighted by atomic mass is 14.9. The van der Waals surface area contributed by atoms with Gasteiger partial charge in [0, 0.05) is 12.6 Å². The fraction of sp³-hybridized carbons (Fsp3) is 0.667. The Morgan fingerprint density at radius 2 is 2.05 bits per heavy atom. The van der Waals surface area contributed by atoms with Gasteiger partial charge in [-0.3, -0.25) is 0 Å². The van der Waals surface area contributed by atoms with Gasteiger partial charge in [-0.1, -0.05) is 30.2 Å². The lowest BCUT2D eigenvalue weighted by Crippen LogP contribution is -2.36. The first-order valence-corrected chi connectivity index (χ1v) is 7.93. The summed E-state index contributed by atoms with van der Waals surface area (Å²) < 4.78 is 0. The molecule has 2 aliphatic carbocycles. The van der Waals surface area contributed by atoms with Crippen LogP contribution in [0.3, 0.4) is 0 Å². The minimum absolute atomic E-state index is 0.676. The Morgan fingerprint density at radius 1 is 1.21 bits per heavy atom. The first kappa shape index (κ1) is 13.2. The molecule has 4 atom stereocenters. The Kier molecular flexibility index (Phi) is 3.66. The number of hydrogen-bond acceptors (Lipinski definition) is 1. The van der Waals surface area contributed by atoms with Crippen LogP contribution in [0.2, 0.25) is 0 Å². The van der Waals surface area contributed by atoms with Gasteiger partial charge in [0.1, 0.15) is 0 Å². The molecule has 1 heteroatoms. The van der Waals surface area contributed by atoms with Gasteiger partial charge in [-0.25, -0.2) is 0 Å². The van der Waals surface area contributed by atoms with E-state index in [2.05, 4.69) is 44.3 Å². The monoisotopic (exact) mass is 257 g/mol. The number of aryl methyl sites for hydroxylation is 2. The second-order valence-electron chi connectivity index (χ2n) is 6.94. The predicted molar refractivity (Wildman–Crippen MR) is 81.2 cm³/mol. The highest BCUT2D eigenvalue weighted by Crippen LogP contribution is 2.49. The van der Waals surface area contributed by atoms with Gasteiger partial charge in [0.2, 0.25) is 0 Å². The molecule has 0 amide bonds. The van der Waals surface area contributed by atoms with E-state index in [9.17, 15) is 0 Å². The van der Waals surface area contributed by atoms with Crippen molar-refractivity contribution in [3.8, 4) is 0 Å². The van der Waals surface area contributed by atoms with Crippen LogP contribution in [-0.2, 0) is 6.54 Å². The summed E-state index contributed by atoms with van der Waals surface area (Å²) in [7, 11) is 0. The van der Waals surface area contributed by atoms with Crippen LogP contribution in [0.15, 0.2) is 18.2 Å². The van der Waals surface area contributed by atoms with Crippen molar-refractivity contribution in [1.82, 2.24) is 5.32 Å². The van der Waals surface area contributed by atoms with E-state index in [1.54, 1.807) is 0 Å². The van der Waals surface area contributed by atoms with Crippen LogP contribution >= 0.6 is 0 Å². The molecule has 1 N–H and O–H groups in total. The van der Waals surface area contributed by atoms with Gasteiger partial charge in [0.05, 0.1) is 0 Å². The molecule has 0 aromatic heterocycles. The lowest BCUT2D eigenvalue weighted by Gasteiger charge is -2.29. The maximum Gasteiger partial charge on any atom is 0.0210 e. The van der Waals surface area contributed by atoms with E-state index in [-0.39, 0.29) is 0 Å². The molecule has 2 saturated carbocycles. The lowest BCUT2D eigenvalue weighted by molar-refractivity contribution is 0.259. The van der Waals surface area contributed by atoms with Crippen molar-refractivity contribution in [3.05, 3.63) is 34.9 Å². The minimum atomic E-state index is 0.676. The number of benzene rings is 1. The Bertz CT molecular complexity index is 451. The second kappa shape index (κ2) is 5.28. The molecular weight excluding hydrogens is 230 g/mol. The molecule has 0 unspecified atom stereocenters. The molecule has 3 rings (SSSR count). The third-order valence-corrected chi connectivity index (χ3v) is 5.55. The summed E-state index contributed by atoms with van der Waals surface area (Å²) in [6.45, 7) is 7.83. The zero-order chi connectivity index (χ0) is 13.4. The maximum atomic E-state index is 3.79. The number of hydrogen-bond donors (Lipinski definition) is 1. The van der Waals surface area contributed by atoms with Crippen molar-refractivity contribution < 1.29 is 0 Å². The summed E-state index contributed by atoms with van der Waals surface area (Å²) in [4.78, 5) is 0. The van der Waals surface area contributed by atoms with Gasteiger partial charge in [0.25, 0.3) is 0 Å². The second-order valence-corrected chi connectivity index (χ2v) is 6.94. The number of rotatable bonds is 4. The average molecular weight is 257 g/mol. The smallest absolute Gasteiger partial charge is 0.0210 e. The summed E-state index contributed by atoms with van der Waals surface area (Å²) in [6, 6.07) is 7.46. The topological polar surface area (TPSA) is 12.0 Å². The number of nitrogens with one attached hydrogen (secondary N) is 1. The van der Waals surface area contributed by atoms with Crippen molar-refractivity contribution in [2.75, 3.05) is 0 Å². The third-order valence-electron chi connectivity index (χ3n) is 5.55. The van der Waals surface area contributed by atoms with Crippen LogP contribution in [0.5, 0.6) is 0 Å². The van der Waals surface area contributed by atoms with E-state index in [1.165, 1.54) is 42.4 Å². The molecule has 0 spiro atoms. The molecular formula is C18H27N. The Hall–Kier alpha value is -0.820. The largest absolute Gasteiger partial charge is 0.310 e. The molecule has 0 saturated heterocycles. The average Bonchev–Trinajstić information content (AvgIpc) is 3.02. The molecule has 0 radical (unpaired) electrons. The van der Waals surface area contributed by atoms with E-state index >= 15 is 0 Å². The van der Waals surface area contributed by atoms with Gasteiger partial charge in [-0.2, -0.15) is 0 Å². The fourth-order valence-electron chi connectivity index (χ4n) is 4.32. The van der Waals surface area contributed by atoms with Gasteiger partial charge >= 0.3 is 0 Å². The Labute approximate surface area is 117 Å². The normalized spacial score (nSPS) is 30.8. The van der Waals surface area contributed by atoms with Crippen LogP contribution in [0.1, 0.15) is 49.3 Å². The zero-order valence-corrected chi connectivity index (χ0v) is 12.6. The van der Waals surface area contributed by atoms with Crippen molar-refractivity contribution in [2.24, 2.45) is 17.8 Å². The minimum Gasteiger partial charge on any atom is -0.310 e. The van der Waals surface area contributed by atoms with Crippen LogP contribution in [0, 0.1) is 31.6 Å². The van der Waals surface area contributed by atoms with Crippen LogP contribution in [0.25, 0.3) is 0 Å². The van der Waals surface area contributed by atoms with Crippen LogP contribution < -0.4 is 5.32 Å². The molecule has 2 aliphatic rings. The molecule has 1 aromatic rings. The highest BCUT2D eigenvalue weighted by molar-refractivity contribution is 5.30. The van der Waals surface area contributed by atoms with Gasteiger partial charge in [0.15, 0.2) is 0 Å². The summed E-state index contributed by atoms with van der Waals surface area (Å²) in [5.41, 5.74) is 4.25. The van der Waals surface area contributed by atoms with Gasteiger partial charge in [-0.05, 0) is 68.9 Å². The summed E-state index contributed by atoms with van der Waals surface area (Å²) in [5, 5.41) is 3.79. The molecule has 104 valence electrons. The van der Waals surface area contributed by atoms with Gasteiger partial charge < -0.3 is 5.32 Å². The zero-order valence-electron chi connectivity index (χ0n) is 12.6. The molecule has 2 bridgehead atoms. The summed E-state index contributed by atoms with van der Waals surface area (Å²) in [5.74, 6) is 3.01. The first-order chi connectivity index (χ1) is 9.13. The molecule has 0 heterocycles. The standard InChI is InChI=1S/C18H27N/c1-12-4-5-13(2)17(8-12)11-19-14(3)18-10-15-6-7-16(18)9-15/h4-5,8,14-16,18-19H,6-7,9-11H2,1-3H3/t14-,15+,16+,18+/m1/s1. The van der Waals surface area contributed by atoms with Crippen molar-refractivity contribution in [3.63, 3.8) is 0 Å². The molecule has 1 nitrogen and oxygen atoms in total. The van der Waals surface area contributed by atoms with E-state index < -0.39 is 0 Å². The predicted octanol–water partition coefficient (Wildman–Crippen LogP) is 4.22. The SMILES string of the molecule is Cc1ccc(C)c(CN[C@H](C)[C@@H]2C[C@H]3CC[C@H]2C3)c1. The third kappa shape index (κ3) is 2.72. The van der Waals surface area contributed by atoms with Crippen molar-refractivity contribution >= 4 is 0 Å². The molecule has 2 fully saturated rings. The molecule has 0 aliphatic heterocycles. The van der Waals surface area contributed by atoms with Crippen LogP contribution in [-0.4, -0.2) is 6.04 Å². The number of fused-ring (bicyclic) bond motifs is 2. The lowest BCUT2D eigenvalue weighted by atomic mass is 9.84. The van der Waals surface area contributed by atoms with Crippen molar-refractivity contribution in [1.29, 1.82) is 0 Å². The van der Waals surface area contributed by atoms with Crippen molar-refractivity contribution in [2.45, 2.75) is 59.0 Å². The van der Waals surface area contributed by atoms with Gasteiger partial charge in [-0.15, -0.1) is 0 Å². The molecule has 19 heavy (non-hydrogen) atoms.